The summed E-state index contributed by atoms with van der Waals surface area (Å²) in [5.74, 6) is 0.00999. The van der Waals surface area contributed by atoms with Gasteiger partial charge in [-0.25, -0.2) is 9.59 Å². The SMILES string of the molecule is Cc1nc(CCNC(=O)NC2(C(=O)O)CCCC2)no1. The summed E-state index contributed by atoms with van der Waals surface area (Å²) in [6, 6.07) is -0.477. The van der Waals surface area contributed by atoms with E-state index in [9.17, 15) is 14.7 Å². The van der Waals surface area contributed by atoms with Gasteiger partial charge in [0.15, 0.2) is 5.82 Å². The molecule has 8 heteroatoms. The van der Waals surface area contributed by atoms with Gasteiger partial charge in [0.25, 0.3) is 0 Å². The standard InChI is InChI=1S/C12H18N4O4/c1-8-14-9(16-20-8)4-7-13-11(19)15-12(10(17)18)5-2-3-6-12/h2-7H2,1H3,(H,17,18)(H2,13,15,19). The van der Waals surface area contributed by atoms with Crippen LogP contribution in [-0.4, -0.2) is 39.3 Å². The van der Waals surface area contributed by atoms with E-state index in [2.05, 4.69) is 20.8 Å². The van der Waals surface area contributed by atoms with E-state index in [0.717, 1.165) is 12.8 Å². The third-order valence-electron chi connectivity index (χ3n) is 3.42. The van der Waals surface area contributed by atoms with Crippen LogP contribution in [0, 0.1) is 6.92 Å². The first kappa shape index (κ1) is 14.3. The number of aromatic nitrogens is 2. The topological polar surface area (TPSA) is 117 Å². The summed E-state index contributed by atoms with van der Waals surface area (Å²) in [5.41, 5.74) is -1.12. The second-order valence-corrected chi connectivity index (χ2v) is 4.95. The first-order valence-electron chi connectivity index (χ1n) is 6.60. The minimum Gasteiger partial charge on any atom is -0.480 e. The van der Waals surface area contributed by atoms with Gasteiger partial charge in [-0.05, 0) is 12.8 Å². The third kappa shape index (κ3) is 3.25. The summed E-state index contributed by atoms with van der Waals surface area (Å²) < 4.78 is 4.81. The Kier molecular flexibility index (Phi) is 4.21. The molecular formula is C12H18N4O4. The monoisotopic (exact) mass is 282 g/mol. The predicted molar refractivity (Wildman–Crippen MR) is 68.1 cm³/mol. The molecule has 0 atom stereocenters. The van der Waals surface area contributed by atoms with Crippen LogP contribution in [0.3, 0.4) is 0 Å². The molecule has 1 aliphatic rings. The highest BCUT2D eigenvalue weighted by molar-refractivity contribution is 5.86. The largest absolute Gasteiger partial charge is 0.480 e. The molecule has 3 N–H and O–H groups in total. The Labute approximate surface area is 115 Å². The average molecular weight is 282 g/mol. The summed E-state index contributed by atoms with van der Waals surface area (Å²) in [7, 11) is 0. The van der Waals surface area contributed by atoms with E-state index in [1.807, 2.05) is 0 Å². The van der Waals surface area contributed by atoms with Crippen LogP contribution in [0.5, 0.6) is 0 Å². The number of aliphatic carboxylic acids is 1. The van der Waals surface area contributed by atoms with Crippen molar-refractivity contribution in [1.82, 2.24) is 20.8 Å². The highest BCUT2D eigenvalue weighted by Crippen LogP contribution is 2.29. The zero-order chi connectivity index (χ0) is 14.6. The average Bonchev–Trinajstić information content (AvgIpc) is 2.99. The first-order valence-corrected chi connectivity index (χ1v) is 6.60. The van der Waals surface area contributed by atoms with E-state index in [1.165, 1.54) is 0 Å². The molecule has 0 unspecified atom stereocenters. The third-order valence-corrected chi connectivity index (χ3v) is 3.42. The Morgan fingerprint density at radius 1 is 1.40 bits per heavy atom. The van der Waals surface area contributed by atoms with Crippen molar-refractivity contribution in [3.63, 3.8) is 0 Å². The van der Waals surface area contributed by atoms with Crippen molar-refractivity contribution < 1.29 is 19.2 Å². The number of carboxylic acid groups (broad SMARTS) is 1. The van der Waals surface area contributed by atoms with Crippen LogP contribution in [0.4, 0.5) is 4.79 Å². The van der Waals surface area contributed by atoms with Crippen LogP contribution in [0.1, 0.15) is 37.4 Å². The molecule has 1 aliphatic carbocycles. The molecule has 0 aromatic carbocycles. The van der Waals surface area contributed by atoms with Crippen molar-refractivity contribution in [3.05, 3.63) is 11.7 Å². The smallest absolute Gasteiger partial charge is 0.329 e. The zero-order valence-electron chi connectivity index (χ0n) is 11.3. The van der Waals surface area contributed by atoms with Crippen LogP contribution >= 0.6 is 0 Å². The molecule has 8 nitrogen and oxygen atoms in total. The minimum absolute atomic E-state index is 0.320. The molecule has 2 rings (SSSR count). The number of rotatable bonds is 5. The van der Waals surface area contributed by atoms with Crippen LogP contribution in [-0.2, 0) is 11.2 Å². The lowest BCUT2D eigenvalue weighted by Crippen LogP contribution is -2.55. The van der Waals surface area contributed by atoms with Gasteiger partial charge in [-0.3, -0.25) is 0 Å². The number of aryl methyl sites for hydroxylation is 1. The van der Waals surface area contributed by atoms with Gasteiger partial charge in [-0.1, -0.05) is 18.0 Å². The number of urea groups is 1. The maximum absolute atomic E-state index is 11.8. The van der Waals surface area contributed by atoms with E-state index in [0.29, 0.717) is 37.5 Å². The van der Waals surface area contributed by atoms with Gasteiger partial charge in [0.1, 0.15) is 5.54 Å². The van der Waals surface area contributed by atoms with Crippen molar-refractivity contribution in [2.24, 2.45) is 0 Å². The fourth-order valence-electron chi connectivity index (χ4n) is 2.36. The maximum Gasteiger partial charge on any atom is 0.329 e. The Hall–Kier alpha value is -2.12. The van der Waals surface area contributed by atoms with Gasteiger partial charge in [-0.2, -0.15) is 4.98 Å². The Morgan fingerprint density at radius 3 is 2.65 bits per heavy atom. The van der Waals surface area contributed by atoms with Crippen molar-refractivity contribution >= 4 is 12.0 Å². The Balaban J connectivity index is 1.78. The number of nitrogens with zero attached hydrogens (tertiary/aromatic N) is 2. The predicted octanol–water partition coefficient (Wildman–Crippen LogP) is 0.617. The number of carbonyl (C=O) groups is 2. The molecule has 2 amide bonds. The number of amides is 2. The van der Waals surface area contributed by atoms with Crippen molar-refractivity contribution in [2.75, 3.05) is 6.54 Å². The van der Waals surface area contributed by atoms with E-state index in [4.69, 9.17) is 4.52 Å². The summed E-state index contributed by atoms with van der Waals surface area (Å²) in [4.78, 5) is 27.0. The van der Waals surface area contributed by atoms with Gasteiger partial charge in [0.05, 0.1) is 0 Å². The Bertz CT molecular complexity index is 493. The second-order valence-electron chi connectivity index (χ2n) is 4.95. The molecule has 0 aliphatic heterocycles. The quantitative estimate of drug-likeness (QED) is 0.728. The number of nitrogens with one attached hydrogen (secondary N) is 2. The van der Waals surface area contributed by atoms with E-state index in [1.54, 1.807) is 6.92 Å². The highest BCUT2D eigenvalue weighted by Gasteiger charge is 2.42. The molecule has 1 heterocycles. The van der Waals surface area contributed by atoms with Gasteiger partial charge in [-0.15, -0.1) is 0 Å². The van der Waals surface area contributed by atoms with Gasteiger partial charge < -0.3 is 20.3 Å². The molecule has 1 aromatic rings. The molecule has 0 radical (unpaired) electrons. The van der Waals surface area contributed by atoms with Crippen LogP contribution < -0.4 is 10.6 Å². The molecule has 1 fully saturated rings. The van der Waals surface area contributed by atoms with E-state index in [-0.39, 0.29) is 0 Å². The lowest BCUT2D eigenvalue weighted by Gasteiger charge is -2.25. The first-order chi connectivity index (χ1) is 9.52. The normalized spacial score (nSPS) is 16.9. The van der Waals surface area contributed by atoms with E-state index >= 15 is 0 Å². The lowest BCUT2D eigenvalue weighted by atomic mass is 9.98. The fraction of sp³-hybridized carbons (Fsp3) is 0.667. The molecule has 1 aromatic heterocycles. The molecular weight excluding hydrogens is 264 g/mol. The summed E-state index contributed by atoms with van der Waals surface area (Å²) in [5, 5.41) is 18.1. The van der Waals surface area contributed by atoms with Crippen LogP contribution in [0.25, 0.3) is 0 Å². The molecule has 1 saturated carbocycles. The summed E-state index contributed by atoms with van der Waals surface area (Å²) in [6.45, 7) is 2.01. The van der Waals surface area contributed by atoms with Crippen molar-refractivity contribution in [1.29, 1.82) is 0 Å². The van der Waals surface area contributed by atoms with Gasteiger partial charge in [0, 0.05) is 19.9 Å². The molecule has 0 saturated heterocycles. The van der Waals surface area contributed by atoms with Gasteiger partial charge in [0.2, 0.25) is 5.89 Å². The Morgan fingerprint density at radius 2 is 2.10 bits per heavy atom. The molecule has 110 valence electrons. The van der Waals surface area contributed by atoms with Gasteiger partial charge >= 0.3 is 12.0 Å². The molecule has 0 bridgehead atoms. The lowest BCUT2D eigenvalue weighted by molar-refractivity contribution is -0.144. The van der Waals surface area contributed by atoms with Crippen molar-refractivity contribution in [3.8, 4) is 0 Å². The second kappa shape index (κ2) is 5.89. The number of carboxylic acids is 1. The maximum atomic E-state index is 11.8. The number of hydrogen-bond acceptors (Lipinski definition) is 5. The minimum atomic E-state index is -1.12. The summed E-state index contributed by atoms with van der Waals surface area (Å²) >= 11 is 0. The van der Waals surface area contributed by atoms with E-state index < -0.39 is 17.5 Å². The number of carbonyl (C=O) groups excluding carboxylic acids is 1. The fourth-order valence-corrected chi connectivity index (χ4v) is 2.36. The highest BCUT2D eigenvalue weighted by atomic mass is 16.5. The molecule has 0 spiro atoms. The van der Waals surface area contributed by atoms with Crippen molar-refractivity contribution in [2.45, 2.75) is 44.6 Å². The zero-order valence-corrected chi connectivity index (χ0v) is 11.3. The summed E-state index contributed by atoms with van der Waals surface area (Å²) in [6.07, 6.45) is 3.01. The van der Waals surface area contributed by atoms with Crippen LogP contribution in [0.15, 0.2) is 4.52 Å². The molecule has 20 heavy (non-hydrogen) atoms. The number of hydrogen-bond donors (Lipinski definition) is 3. The van der Waals surface area contributed by atoms with Crippen LogP contribution in [0.2, 0.25) is 0 Å².